The zero-order chi connectivity index (χ0) is 30.8. The van der Waals surface area contributed by atoms with Gasteiger partial charge in [-0.25, -0.2) is 0 Å². The minimum atomic E-state index is -1.06. The van der Waals surface area contributed by atoms with Gasteiger partial charge in [-0.1, -0.05) is 46.8 Å². The summed E-state index contributed by atoms with van der Waals surface area (Å²) in [6.45, 7) is 24.2. The van der Waals surface area contributed by atoms with Crippen molar-refractivity contribution in [3.05, 3.63) is 25.3 Å². The van der Waals surface area contributed by atoms with E-state index in [0.717, 1.165) is 12.8 Å². The van der Waals surface area contributed by atoms with Crippen LogP contribution in [0.15, 0.2) is 25.3 Å². The number of hydrogen-bond donors (Lipinski definition) is 1. The maximum atomic E-state index is 14.8. The number of rotatable bonds is 15. The summed E-state index contributed by atoms with van der Waals surface area (Å²) in [7, 11) is 0. The third-order valence-corrected chi connectivity index (χ3v) is 9.41. The number of amides is 3. The Balaban J connectivity index is 2.14. The van der Waals surface area contributed by atoms with Crippen molar-refractivity contribution in [2.24, 2.45) is 17.3 Å². The maximum absolute atomic E-state index is 14.8. The topological polar surface area (TPSA) is 90.4 Å². The molecule has 0 saturated carbocycles. The van der Waals surface area contributed by atoms with Crippen molar-refractivity contribution >= 4 is 17.7 Å². The first-order valence-electron chi connectivity index (χ1n) is 15.6. The summed E-state index contributed by atoms with van der Waals surface area (Å²) in [5, 5.41) is 9.49. The lowest BCUT2D eigenvalue weighted by Crippen LogP contribution is -2.61. The summed E-state index contributed by atoms with van der Waals surface area (Å²) in [5.41, 5.74) is -2.37. The number of unbranched alkanes of at least 4 members (excludes halogenated alkanes) is 1. The number of fused-ring (bicyclic) bond motifs is 1. The Bertz CT molecular complexity index is 1000. The standard InChI is InChI=1S/C33H55N3O5/c1-10-18-34(19-11-2)27(38)24-25-28(39)35(21-14-15-22-37)26(33(25)17-16-32(24,13-4)41-33)29(40)36(20-12-3)31(8,9)23-30(5,6)7/h10,12,24-26,37H,1,3,11,13-23H2,2,4-9H3/t24-,25-,26?,32+,33?/m0/s1. The minimum absolute atomic E-state index is 0.0144. The Kier molecular flexibility index (Phi) is 10.2. The van der Waals surface area contributed by atoms with Crippen molar-refractivity contribution in [1.29, 1.82) is 0 Å². The molecule has 3 amide bonds. The predicted molar refractivity (Wildman–Crippen MR) is 162 cm³/mol. The highest BCUT2D eigenvalue weighted by Gasteiger charge is 2.79. The summed E-state index contributed by atoms with van der Waals surface area (Å²) in [4.78, 5) is 48.9. The molecule has 8 heteroatoms. The number of nitrogens with zero attached hydrogens (tertiary/aromatic N) is 3. The molecule has 3 fully saturated rings. The smallest absolute Gasteiger partial charge is 0.249 e. The Hall–Kier alpha value is -2.19. The second-order valence-corrected chi connectivity index (χ2v) is 14.2. The fraction of sp³-hybridized carbons (Fsp3) is 0.788. The molecule has 1 spiro atoms. The number of carbonyl (C=O) groups excluding carboxylic acids is 3. The highest BCUT2D eigenvalue weighted by atomic mass is 16.5. The molecule has 2 unspecified atom stereocenters. The van der Waals surface area contributed by atoms with Gasteiger partial charge in [0, 0.05) is 38.3 Å². The van der Waals surface area contributed by atoms with E-state index < -0.39 is 34.6 Å². The van der Waals surface area contributed by atoms with E-state index in [0.29, 0.717) is 58.3 Å². The Morgan fingerprint density at radius 3 is 2.27 bits per heavy atom. The summed E-state index contributed by atoms with van der Waals surface area (Å²) in [6.07, 6.45) is 7.92. The van der Waals surface area contributed by atoms with E-state index in [4.69, 9.17) is 4.74 Å². The van der Waals surface area contributed by atoms with Crippen LogP contribution in [0.4, 0.5) is 0 Å². The number of hydrogen-bond acceptors (Lipinski definition) is 5. The van der Waals surface area contributed by atoms with Gasteiger partial charge in [0.15, 0.2) is 0 Å². The van der Waals surface area contributed by atoms with Gasteiger partial charge in [-0.15, -0.1) is 13.2 Å². The van der Waals surface area contributed by atoms with Crippen LogP contribution in [0, 0.1) is 17.3 Å². The fourth-order valence-corrected chi connectivity index (χ4v) is 8.23. The Morgan fingerprint density at radius 1 is 1.07 bits per heavy atom. The molecule has 3 saturated heterocycles. The van der Waals surface area contributed by atoms with Crippen LogP contribution in [0.25, 0.3) is 0 Å². The fourth-order valence-electron chi connectivity index (χ4n) is 8.23. The third-order valence-electron chi connectivity index (χ3n) is 9.41. The number of carbonyl (C=O) groups is 3. The van der Waals surface area contributed by atoms with Crippen molar-refractivity contribution < 1.29 is 24.2 Å². The zero-order valence-corrected chi connectivity index (χ0v) is 26.7. The molecular formula is C33H55N3O5. The molecule has 0 aromatic rings. The van der Waals surface area contributed by atoms with Crippen molar-refractivity contribution in [3.8, 4) is 0 Å². The molecule has 8 nitrogen and oxygen atoms in total. The van der Waals surface area contributed by atoms with Crippen LogP contribution in [0.2, 0.25) is 0 Å². The number of aliphatic hydroxyl groups excluding tert-OH is 1. The van der Waals surface area contributed by atoms with Crippen molar-refractivity contribution in [2.45, 2.75) is 116 Å². The molecule has 3 rings (SSSR count). The third kappa shape index (κ3) is 6.01. The van der Waals surface area contributed by atoms with Crippen LogP contribution in [-0.4, -0.2) is 93.1 Å². The van der Waals surface area contributed by atoms with E-state index in [-0.39, 0.29) is 29.7 Å². The van der Waals surface area contributed by atoms with Crippen LogP contribution in [0.3, 0.4) is 0 Å². The summed E-state index contributed by atoms with van der Waals surface area (Å²) in [5.74, 6) is -1.75. The van der Waals surface area contributed by atoms with Gasteiger partial charge in [-0.05, 0) is 64.2 Å². The van der Waals surface area contributed by atoms with E-state index >= 15 is 0 Å². The number of likely N-dealkylation sites (tertiary alicyclic amines) is 1. The van der Waals surface area contributed by atoms with Crippen molar-refractivity contribution in [2.75, 3.05) is 32.8 Å². The molecule has 232 valence electrons. The molecule has 0 aromatic carbocycles. The lowest BCUT2D eigenvalue weighted by Gasteiger charge is -2.45. The average Bonchev–Trinajstić information content (AvgIpc) is 3.49. The summed E-state index contributed by atoms with van der Waals surface area (Å²) in [6, 6.07) is -0.830. The van der Waals surface area contributed by atoms with Crippen LogP contribution in [0.1, 0.15) is 93.4 Å². The molecule has 3 heterocycles. The molecule has 2 bridgehead atoms. The Labute approximate surface area is 248 Å². The highest BCUT2D eigenvalue weighted by molar-refractivity contribution is 5.99. The van der Waals surface area contributed by atoms with Gasteiger partial charge in [0.25, 0.3) is 0 Å². The van der Waals surface area contributed by atoms with Gasteiger partial charge < -0.3 is 24.5 Å². The molecular weight excluding hydrogens is 518 g/mol. The van der Waals surface area contributed by atoms with Gasteiger partial charge in [0.2, 0.25) is 17.7 Å². The molecule has 3 aliphatic heterocycles. The largest absolute Gasteiger partial charge is 0.396 e. The van der Waals surface area contributed by atoms with E-state index in [2.05, 4.69) is 47.8 Å². The minimum Gasteiger partial charge on any atom is -0.396 e. The van der Waals surface area contributed by atoms with Crippen LogP contribution >= 0.6 is 0 Å². The monoisotopic (exact) mass is 573 g/mol. The van der Waals surface area contributed by atoms with Crippen molar-refractivity contribution in [1.82, 2.24) is 14.7 Å². The van der Waals surface area contributed by atoms with E-state index in [9.17, 15) is 19.5 Å². The maximum Gasteiger partial charge on any atom is 0.249 e. The molecule has 0 aliphatic carbocycles. The van der Waals surface area contributed by atoms with Crippen molar-refractivity contribution in [3.63, 3.8) is 0 Å². The average molecular weight is 574 g/mol. The first-order valence-corrected chi connectivity index (χ1v) is 15.6. The second kappa shape index (κ2) is 12.6. The summed E-state index contributed by atoms with van der Waals surface area (Å²) < 4.78 is 6.98. The SMILES string of the molecule is C=CCN(CCC)C(=O)[C@@H]1[C@H]2C(=O)N(CCCCO)C(C(=O)N(CC=C)C(C)(C)CC(C)(C)C)C23CC[C@@]1(CC)O3. The molecule has 0 aromatic heterocycles. The Morgan fingerprint density at radius 2 is 1.73 bits per heavy atom. The molecule has 3 aliphatic rings. The van der Waals surface area contributed by atoms with Crippen LogP contribution in [0.5, 0.6) is 0 Å². The van der Waals surface area contributed by atoms with Gasteiger partial charge >= 0.3 is 0 Å². The van der Waals surface area contributed by atoms with Gasteiger partial charge in [-0.3, -0.25) is 14.4 Å². The van der Waals surface area contributed by atoms with Gasteiger partial charge in [0.1, 0.15) is 11.6 Å². The number of ether oxygens (including phenoxy) is 1. The predicted octanol–water partition coefficient (Wildman–Crippen LogP) is 4.57. The van der Waals surface area contributed by atoms with Crippen LogP contribution in [-0.2, 0) is 19.1 Å². The van der Waals surface area contributed by atoms with E-state index in [1.165, 1.54) is 0 Å². The molecule has 5 atom stereocenters. The highest BCUT2D eigenvalue weighted by Crippen LogP contribution is 2.64. The zero-order valence-electron chi connectivity index (χ0n) is 26.7. The lowest BCUT2D eigenvalue weighted by molar-refractivity contribution is -0.158. The van der Waals surface area contributed by atoms with Gasteiger partial charge in [0.05, 0.1) is 17.4 Å². The van der Waals surface area contributed by atoms with E-state index in [1.807, 2.05) is 18.7 Å². The first-order chi connectivity index (χ1) is 19.2. The first kappa shape index (κ1) is 33.3. The molecule has 0 radical (unpaired) electrons. The summed E-state index contributed by atoms with van der Waals surface area (Å²) >= 11 is 0. The second-order valence-electron chi connectivity index (χ2n) is 14.2. The lowest BCUT2D eigenvalue weighted by atomic mass is 9.64. The molecule has 41 heavy (non-hydrogen) atoms. The van der Waals surface area contributed by atoms with Crippen LogP contribution < -0.4 is 0 Å². The molecule has 1 N–H and O–H groups in total. The van der Waals surface area contributed by atoms with E-state index in [1.54, 1.807) is 22.0 Å². The number of aliphatic hydroxyl groups is 1. The normalized spacial score (nSPS) is 29.0. The van der Waals surface area contributed by atoms with Gasteiger partial charge in [-0.2, -0.15) is 0 Å². The quantitative estimate of drug-likeness (QED) is 0.229.